The van der Waals surface area contributed by atoms with Gasteiger partial charge in [-0.05, 0) is 38.5 Å². The van der Waals surface area contributed by atoms with E-state index in [2.05, 4.69) is 24.2 Å². The summed E-state index contributed by atoms with van der Waals surface area (Å²) in [7, 11) is 0. The van der Waals surface area contributed by atoms with Crippen molar-refractivity contribution in [3.63, 3.8) is 0 Å². The van der Waals surface area contributed by atoms with Gasteiger partial charge in [-0.2, -0.15) is 5.10 Å². The summed E-state index contributed by atoms with van der Waals surface area (Å²) in [6.07, 6.45) is 3.92. The second kappa shape index (κ2) is 4.39. The molecule has 86 valence electrons. The molecule has 0 radical (unpaired) electrons. The molecule has 2 heterocycles. The Balaban J connectivity index is 2.38. The Labute approximate surface area is 99.9 Å². The Morgan fingerprint density at radius 3 is 2.56 bits per heavy atom. The highest BCUT2D eigenvalue weighted by molar-refractivity contribution is 7.12. The van der Waals surface area contributed by atoms with E-state index in [1.54, 1.807) is 11.3 Å². The number of thiophene rings is 1. The summed E-state index contributed by atoms with van der Waals surface area (Å²) in [5.74, 6) is 0. The number of rotatable bonds is 3. The van der Waals surface area contributed by atoms with Gasteiger partial charge in [-0.3, -0.25) is 4.68 Å². The maximum atomic E-state index is 6.07. The number of aromatic nitrogens is 2. The molecule has 0 saturated carbocycles. The van der Waals surface area contributed by atoms with Crippen LogP contribution in [-0.4, -0.2) is 15.8 Å². The lowest BCUT2D eigenvalue weighted by Crippen LogP contribution is -2.29. The van der Waals surface area contributed by atoms with Gasteiger partial charge in [0, 0.05) is 22.0 Å². The number of hydrogen-bond acceptors (Lipinski definition) is 3. The standard InChI is InChI=1S/C12H17N3S/c1-8-6-14-15(7-8)12(10(3)13)11-5-4-9(2)16-11/h4-7,10,12H,13H2,1-3H3. The zero-order valence-electron chi connectivity index (χ0n) is 9.84. The van der Waals surface area contributed by atoms with Crippen molar-refractivity contribution in [1.29, 1.82) is 0 Å². The summed E-state index contributed by atoms with van der Waals surface area (Å²) in [4.78, 5) is 2.58. The quantitative estimate of drug-likeness (QED) is 0.888. The van der Waals surface area contributed by atoms with Crippen LogP contribution >= 0.6 is 11.3 Å². The zero-order valence-corrected chi connectivity index (χ0v) is 10.7. The van der Waals surface area contributed by atoms with Gasteiger partial charge in [-0.1, -0.05) is 0 Å². The van der Waals surface area contributed by atoms with E-state index < -0.39 is 0 Å². The van der Waals surface area contributed by atoms with Crippen molar-refractivity contribution < 1.29 is 0 Å². The van der Waals surface area contributed by atoms with E-state index in [1.807, 2.05) is 30.9 Å². The lowest BCUT2D eigenvalue weighted by Gasteiger charge is -2.20. The average molecular weight is 235 g/mol. The molecule has 0 aromatic carbocycles. The maximum Gasteiger partial charge on any atom is 0.101 e. The van der Waals surface area contributed by atoms with Gasteiger partial charge in [0.15, 0.2) is 0 Å². The molecule has 0 aliphatic carbocycles. The fourth-order valence-electron chi connectivity index (χ4n) is 1.83. The second-order valence-electron chi connectivity index (χ2n) is 4.25. The molecule has 2 aromatic rings. The molecule has 0 bridgehead atoms. The molecule has 0 aliphatic rings. The van der Waals surface area contributed by atoms with Gasteiger partial charge >= 0.3 is 0 Å². The van der Waals surface area contributed by atoms with E-state index in [4.69, 9.17) is 5.73 Å². The molecule has 0 aliphatic heterocycles. The van der Waals surface area contributed by atoms with Crippen molar-refractivity contribution in [1.82, 2.24) is 9.78 Å². The van der Waals surface area contributed by atoms with Gasteiger partial charge < -0.3 is 5.73 Å². The molecule has 0 saturated heterocycles. The second-order valence-corrected chi connectivity index (χ2v) is 5.57. The minimum Gasteiger partial charge on any atom is -0.326 e. The van der Waals surface area contributed by atoms with Crippen LogP contribution in [0.15, 0.2) is 24.5 Å². The van der Waals surface area contributed by atoms with Crippen molar-refractivity contribution >= 4 is 11.3 Å². The van der Waals surface area contributed by atoms with Crippen LogP contribution < -0.4 is 5.73 Å². The van der Waals surface area contributed by atoms with Crippen LogP contribution in [0.2, 0.25) is 0 Å². The average Bonchev–Trinajstić information content (AvgIpc) is 2.76. The number of aryl methyl sites for hydroxylation is 2. The molecule has 16 heavy (non-hydrogen) atoms. The summed E-state index contributed by atoms with van der Waals surface area (Å²) < 4.78 is 1.96. The maximum absolute atomic E-state index is 6.07. The zero-order chi connectivity index (χ0) is 11.7. The van der Waals surface area contributed by atoms with E-state index in [1.165, 1.54) is 15.3 Å². The van der Waals surface area contributed by atoms with E-state index in [0.717, 1.165) is 0 Å². The molecule has 2 N–H and O–H groups in total. The Bertz CT molecular complexity index is 430. The normalized spacial score (nSPS) is 15.0. The smallest absolute Gasteiger partial charge is 0.101 e. The van der Waals surface area contributed by atoms with Crippen molar-refractivity contribution in [2.75, 3.05) is 0 Å². The fourth-order valence-corrected chi connectivity index (χ4v) is 2.92. The third kappa shape index (κ3) is 2.18. The van der Waals surface area contributed by atoms with E-state index in [9.17, 15) is 0 Å². The molecule has 3 nitrogen and oxygen atoms in total. The predicted octanol–water partition coefficient (Wildman–Crippen LogP) is 2.50. The Hall–Kier alpha value is -1.13. The van der Waals surface area contributed by atoms with E-state index >= 15 is 0 Å². The number of nitrogens with two attached hydrogens (primary N) is 1. The van der Waals surface area contributed by atoms with Crippen LogP contribution in [0.1, 0.15) is 28.3 Å². The summed E-state index contributed by atoms with van der Waals surface area (Å²) >= 11 is 1.79. The minimum absolute atomic E-state index is 0.0531. The molecule has 2 rings (SSSR count). The number of nitrogens with zero attached hydrogens (tertiary/aromatic N) is 2. The lowest BCUT2D eigenvalue weighted by molar-refractivity contribution is 0.460. The Morgan fingerprint density at radius 1 is 1.38 bits per heavy atom. The van der Waals surface area contributed by atoms with Gasteiger partial charge in [0.25, 0.3) is 0 Å². The molecule has 2 unspecified atom stereocenters. The van der Waals surface area contributed by atoms with Crippen LogP contribution in [0.25, 0.3) is 0 Å². The lowest BCUT2D eigenvalue weighted by atomic mass is 10.1. The molecule has 4 heteroatoms. The van der Waals surface area contributed by atoms with Gasteiger partial charge in [-0.15, -0.1) is 11.3 Å². The molecule has 0 fully saturated rings. The van der Waals surface area contributed by atoms with E-state index in [-0.39, 0.29) is 12.1 Å². The molecule has 2 atom stereocenters. The van der Waals surface area contributed by atoms with Gasteiger partial charge in [0.1, 0.15) is 6.04 Å². The van der Waals surface area contributed by atoms with Gasteiger partial charge in [0.05, 0.1) is 6.20 Å². The number of hydrogen-bond donors (Lipinski definition) is 1. The third-order valence-electron chi connectivity index (χ3n) is 2.57. The topological polar surface area (TPSA) is 43.8 Å². The first-order valence-electron chi connectivity index (χ1n) is 5.40. The Kier molecular flexibility index (Phi) is 3.12. The van der Waals surface area contributed by atoms with Crippen molar-refractivity contribution in [3.05, 3.63) is 39.8 Å². The van der Waals surface area contributed by atoms with E-state index in [0.29, 0.717) is 0 Å². The molecule has 2 aromatic heterocycles. The van der Waals surface area contributed by atoms with Gasteiger partial charge in [-0.25, -0.2) is 0 Å². The minimum atomic E-state index is 0.0531. The van der Waals surface area contributed by atoms with Crippen molar-refractivity contribution in [2.45, 2.75) is 32.9 Å². The highest BCUT2D eigenvalue weighted by Gasteiger charge is 2.20. The highest BCUT2D eigenvalue weighted by Crippen LogP contribution is 2.27. The first kappa shape index (κ1) is 11.4. The Morgan fingerprint density at radius 2 is 2.12 bits per heavy atom. The summed E-state index contributed by atoms with van der Waals surface area (Å²) in [5, 5.41) is 4.37. The SMILES string of the molecule is Cc1cnn(C(c2ccc(C)s2)C(C)N)c1. The van der Waals surface area contributed by atoms with Crippen LogP contribution in [0, 0.1) is 13.8 Å². The molecular weight excluding hydrogens is 218 g/mol. The van der Waals surface area contributed by atoms with Crippen LogP contribution in [-0.2, 0) is 0 Å². The summed E-state index contributed by atoms with van der Waals surface area (Å²) in [5.41, 5.74) is 7.23. The molecule has 0 amide bonds. The van der Waals surface area contributed by atoms with Crippen LogP contribution in [0.5, 0.6) is 0 Å². The van der Waals surface area contributed by atoms with Crippen molar-refractivity contribution in [3.8, 4) is 0 Å². The van der Waals surface area contributed by atoms with Gasteiger partial charge in [0.2, 0.25) is 0 Å². The summed E-state index contributed by atoms with van der Waals surface area (Å²) in [6.45, 7) is 6.18. The summed E-state index contributed by atoms with van der Waals surface area (Å²) in [6, 6.07) is 4.47. The van der Waals surface area contributed by atoms with Crippen LogP contribution in [0.4, 0.5) is 0 Å². The monoisotopic (exact) mass is 235 g/mol. The largest absolute Gasteiger partial charge is 0.326 e. The predicted molar refractivity (Wildman–Crippen MR) is 67.8 cm³/mol. The van der Waals surface area contributed by atoms with Crippen molar-refractivity contribution in [2.24, 2.45) is 5.73 Å². The molecular formula is C12H17N3S. The first-order chi connectivity index (χ1) is 7.58. The molecule has 0 spiro atoms. The highest BCUT2D eigenvalue weighted by atomic mass is 32.1. The third-order valence-corrected chi connectivity index (χ3v) is 3.64. The fraction of sp³-hybridized carbons (Fsp3) is 0.417. The van der Waals surface area contributed by atoms with Crippen LogP contribution in [0.3, 0.4) is 0 Å². The first-order valence-corrected chi connectivity index (χ1v) is 6.22.